The standard InChI is InChI=1S/C22H40N6O5/c29-16-8-3-7-15(19(16)31)21-25-18(33-28-21)10-9-17(30)23-11-4-12-24-20-13-5-1-2-6-14(13)22(32)27-26-20/h13-16,18-21,24-26,28-29,31H,1-12H2,(H,23,30)(H,27,32). The Labute approximate surface area is 195 Å². The number of hydrazine groups is 1. The second-order valence-electron chi connectivity index (χ2n) is 9.88. The average Bonchev–Trinajstić information content (AvgIpc) is 3.29. The molecule has 0 bridgehead atoms. The molecule has 188 valence electrons. The molecule has 0 aromatic rings. The number of hydrogen-bond donors (Lipinski definition) is 8. The van der Waals surface area contributed by atoms with Gasteiger partial charge in [0.1, 0.15) is 6.23 Å². The third-order valence-corrected chi connectivity index (χ3v) is 7.61. The van der Waals surface area contributed by atoms with E-state index in [1.54, 1.807) is 0 Å². The summed E-state index contributed by atoms with van der Waals surface area (Å²) in [5.41, 5.74) is 8.80. The summed E-state index contributed by atoms with van der Waals surface area (Å²) in [5.74, 6) is 0.406. The zero-order valence-corrected chi connectivity index (χ0v) is 19.2. The van der Waals surface area contributed by atoms with Crippen molar-refractivity contribution in [1.82, 2.24) is 32.3 Å². The maximum absolute atomic E-state index is 12.2. The zero-order chi connectivity index (χ0) is 23.2. The Morgan fingerprint density at radius 2 is 1.88 bits per heavy atom. The molecule has 4 rings (SSSR count). The molecule has 2 aliphatic heterocycles. The summed E-state index contributed by atoms with van der Waals surface area (Å²) in [7, 11) is 0. The van der Waals surface area contributed by atoms with E-state index in [1.807, 2.05) is 0 Å². The molecule has 0 radical (unpaired) electrons. The van der Waals surface area contributed by atoms with E-state index in [4.69, 9.17) is 4.84 Å². The highest BCUT2D eigenvalue weighted by Gasteiger charge is 2.40. The first-order valence-electron chi connectivity index (χ1n) is 12.6. The number of hydroxylamine groups is 1. The van der Waals surface area contributed by atoms with E-state index in [1.165, 1.54) is 6.42 Å². The molecule has 0 aromatic heterocycles. The summed E-state index contributed by atoms with van der Waals surface area (Å²) in [6.07, 6.45) is 6.39. The van der Waals surface area contributed by atoms with Crippen LogP contribution in [0.4, 0.5) is 0 Å². The van der Waals surface area contributed by atoms with Gasteiger partial charge in [0.15, 0.2) is 0 Å². The number of carbonyl (C=O) groups is 2. The maximum Gasteiger partial charge on any atom is 0.237 e. The van der Waals surface area contributed by atoms with E-state index in [0.29, 0.717) is 31.7 Å². The lowest BCUT2D eigenvalue weighted by atomic mass is 9.76. The molecular formula is C22H40N6O5. The molecule has 11 heteroatoms. The molecule has 2 saturated carbocycles. The van der Waals surface area contributed by atoms with Gasteiger partial charge in [-0.1, -0.05) is 19.3 Å². The predicted molar refractivity (Wildman–Crippen MR) is 120 cm³/mol. The van der Waals surface area contributed by atoms with Gasteiger partial charge < -0.3 is 20.8 Å². The number of nitrogens with one attached hydrogen (secondary N) is 6. The second kappa shape index (κ2) is 11.9. The van der Waals surface area contributed by atoms with Crippen LogP contribution in [0, 0.1) is 17.8 Å². The SMILES string of the molecule is O=C(CCC1NC(C2CCCC(O)C2O)NO1)NCCCNC1NNC(=O)C2CCCCC12. The fourth-order valence-corrected chi connectivity index (χ4v) is 5.69. The molecule has 11 nitrogen and oxygen atoms in total. The molecule has 2 aliphatic carbocycles. The van der Waals surface area contributed by atoms with Gasteiger partial charge in [0, 0.05) is 30.7 Å². The van der Waals surface area contributed by atoms with Crippen molar-refractivity contribution in [1.29, 1.82) is 0 Å². The Balaban J connectivity index is 1.07. The maximum atomic E-state index is 12.2. The zero-order valence-electron chi connectivity index (χ0n) is 19.2. The first-order valence-corrected chi connectivity index (χ1v) is 12.6. The highest BCUT2D eigenvalue weighted by atomic mass is 16.7. The minimum Gasteiger partial charge on any atom is -0.390 e. The van der Waals surface area contributed by atoms with Crippen LogP contribution in [0.1, 0.15) is 64.2 Å². The first-order chi connectivity index (χ1) is 16.0. The highest BCUT2D eigenvalue weighted by molar-refractivity contribution is 5.79. The van der Waals surface area contributed by atoms with Crippen LogP contribution in [-0.2, 0) is 14.4 Å². The topological polar surface area (TPSA) is 156 Å². The molecule has 2 heterocycles. The molecule has 8 atom stereocenters. The summed E-state index contributed by atoms with van der Waals surface area (Å²) < 4.78 is 0. The van der Waals surface area contributed by atoms with Gasteiger partial charge >= 0.3 is 0 Å². The van der Waals surface area contributed by atoms with Gasteiger partial charge in [0.05, 0.1) is 24.5 Å². The van der Waals surface area contributed by atoms with Gasteiger partial charge in [-0.15, -0.1) is 0 Å². The third kappa shape index (κ3) is 6.41. The van der Waals surface area contributed by atoms with Crippen LogP contribution in [0.5, 0.6) is 0 Å². The minimum atomic E-state index is -0.771. The van der Waals surface area contributed by atoms with Crippen LogP contribution >= 0.6 is 0 Å². The quantitative estimate of drug-likeness (QED) is 0.197. The number of hydrogen-bond acceptors (Lipinski definition) is 9. The van der Waals surface area contributed by atoms with Crippen molar-refractivity contribution in [2.45, 2.75) is 95.0 Å². The summed E-state index contributed by atoms with van der Waals surface area (Å²) in [4.78, 5) is 29.8. The first kappa shape index (κ1) is 24.8. The average molecular weight is 469 g/mol. The summed E-state index contributed by atoms with van der Waals surface area (Å²) >= 11 is 0. The van der Waals surface area contributed by atoms with Gasteiger partial charge in [-0.05, 0) is 45.1 Å². The molecule has 4 aliphatic rings. The van der Waals surface area contributed by atoms with E-state index in [-0.39, 0.29) is 42.2 Å². The van der Waals surface area contributed by atoms with Crippen molar-refractivity contribution in [3.8, 4) is 0 Å². The van der Waals surface area contributed by atoms with E-state index in [2.05, 4.69) is 32.3 Å². The fraction of sp³-hybridized carbons (Fsp3) is 0.909. The van der Waals surface area contributed by atoms with Crippen LogP contribution < -0.4 is 32.3 Å². The largest absolute Gasteiger partial charge is 0.390 e. The Morgan fingerprint density at radius 1 is 1.06 bits per heavy atom. The molecule has 4 fully saturated rings. The Morgan fingerprint density at radius 3 is 2.76 bits per heavy atom. The number of fused-ring (bicyclic) bond motifs is 1. The number of amides is 2. The van der Waals surface area contributed by atoms with Crippen molar-refractivity contribution in [3.63, 3.8) is 0 Å². The molecule has 8 unspecified atom stereocenters. The van der Waals surface area contributed by atoms with Gasteiger partial charge in [0.25, 0.3) is 0 Å². The molecular weight excluding hydrogens is 428 g/mol. The predicted octanol–water partition coefficient (Wildman–Crippen LogP) is -1.07. The van der Waals surface area contributed by atoms with Crippen LogP contribution in [0.3, 0.4) is 0 Å². The lowest BCUT2D eigenvalue weighted by Crippen LogP contribution is -2.64. The highest BCUT2D eigenvalue weighted by Crippen LogP contribution is 2.33. The summed E-state index contributed by atoms with van der Waals surface area (Å²) in [5, 5.41) is 29.8. The van der Waals surface area contributed by atoms with Crippen molar-refractivity contribution in [3.05, 3.63) is 0 Å². The van der Waals surface area contributed by atoms with Gasteiger partial charge in [-0.3, -0.25) is 25.2 Å². The number of aliphatic hydroxyl groups is 2. The van der Waals surface area contributed by atoms with Crippen LogP contribution in [0.25, 0.3) is 0 Å². The Kier molecular flexibility index (Phi) is 8.91. The molecule has 33 heavy (non-hydrogen) atoms. The van der Waals surface area contributed by atoms with E-state index < -0.39 is 12.2 Å². The molecule has 0 aromatic carbocycles. The van der Waals surface area contributed by atoms with Gasteiger partial charge in [0.2, 0.25) is 11.8 Å². The van der Waals surface area contributed by atoms with Gasteiger partial charge in [-0.25, -0.2) is 5.43 Å². The molecule has 8 N–H and O–H groups in total. The lowest BCUT2D eigenvalue weighted by Gasteiger charge is -2.41. The normalized spacial score (nSPS) is 39.0. The summed E-state index contributed by atoms with van der Waals surface area (Å²) in [6, 6.07) is 0. The number of carbonyl (C=O) groups excluding carboxylic acids is 2. The molecule has 0 spiro atoms. The van der Waals surface area contributed by atoms with Crippen LogP contribution in [0.15, 0.2) is 0 Å². The van der Waals surface area contributed by atoms with Crippen LogP contribution in [0.2, 0.25) is 0 Å². The van der Waals surface area contributed by atoms with Crippen molar-refractivity contribution in [2.75, 3.05) is 13.1 Å². The lowest BCUT2D eigenvalue weighted by molar-refractivity contribution is -0.134. The second-order valence-corrected chi connectivity index (χ2v) is 9.88. The summed E-state index contributed by atoms with van der Waals surface area (Å²) in [6.45, 7) is 1.34. The Bertz CT molecular complexity index is 669. The Hall–Kier alpha value is -1.34. The number of rotatable bonds is 9. The van der Waals surface area contributed by atoms with E-state index in [0.717, 1.165) is 45.1 Å². The van der Waals surface area contributed by atoms with Crippen molar-refractivity contribution < 1.29 is 24.6 Å². The van der Waals surface area contributed by atoms with Crippen LogP contribution in [-0.4, -0.2) is 65.9 Å². The van der Waals surface area contributed by atoms with E-state index in [9.17, 15) is 19.8 Å². The minimum absolute atomic E-state index is 0.0210. The van der Waals surface area contributed by atoms with Crippen molar-refractivity contribution >= 4 is 11.8 Å². The third-order valence-electron chi connectivity index (χ3n) is 7.61. The molecule has 2 amide bonds. The fourth-order valence-electron chi connectivity index (χ4n) is 5.69. The van der Waals surface area contributed by atoms with Crippen molar-refractivity contribution in [2.24, 2.45) is 17.8 Å². The van der Waals surface area contributed by atoms with E-state index >= 15 is 0 Å². The monoisotopic (exact) mass is 468 g/mol. The molecule has 2 saturated heterocycles. The number of aliphatic hydroxyl groups excluding tert-OH is 2. The van der Waals surface area contributed by atoms with Gasteiger partial charge in [-0.2, -0.15) is 5.48 Å². The smallest absolute Gasteiger partial charge is 0.237 e.